The number of benzene rings is 5. The Kier molecular flexibility index (Phi) is 7.94. The summed E-state index contributed by atoms with van der Waals surface area (Å²) >= 11 is 0. The van der Waals surface area contributed by atoms with Crippen molar-refractivity contribution in [3.63, 3.8) is 0 Å². The van der Waals surface area contributed by atoms with E-state index in [2.05, 4.69) is 148 Å². The summed E-state index contributed by atoms with van der Waals surface area (Å²) < 4.78 is 37.5. The summed E-state index contributed by atoms with van der Waals surface area (Å²) in [4.78, 5) is 5.13. The van der Waals surface area contributed by atoms with Gasteiger partial charge >= 0.3 is 0 Å². The molecule has 6 unspecified atom stereocenters. The lowest BCUT2D eigenvalue weighted by atomic mass is 9.33. The van der Waals surface area contributed by atoms with Crippen LogP contribution in [0, 0.1) is 23.7 Å². The number of rotatable bonds is 5. The Bertz CT molecular complexity index is 2690. The van der Waals surface area contributed by atoms with E-state index in [1.165, 1.54) is 93.6 Å². The third kappa shape index (κ3) is 6.32. The molecule has 0 radical (unpaired) electrons. The zero-order chi connectivity index (χ0) is 44.9. The summed E-state index contributed by atoms with van der Waals surface area (Å²) in [6.45, 7) is 13.8. The van der Waals surface area contributed by atoms with Crippen LogP contribution in [0.5, 0.6) is 0 Å². The smallest absolute Gasteiger partial charge is 0.252 e. The molecule has 6 atom stereocenters. The van der Waals surface area contributed by atoms with Crippen molar-refractivity contribution >= 4 is 57.2 Å². The van der Waals surface area contributed by atoms with E-state index in [1.807, 2.05) is 0 Å². The lowest BCUT2D eigenvalue weighted by molar-refractivity contribution is 0.420. The summed E-state index contributed by atoms with van der Waals surface area (Å²) in [6.07, 6.45) is 10.1. The number of nitrogens with zero attached hydrogens (tertiary/aromatic N) is 2. The van der Waals surface area contributed by atoms with E-state index in [4.69, 9.17) is 0 Å². The number of hydrogen-bond donors (Lipinski definition) is 0. The first-order valence-electron chi connectivity index (χ1n) is 26.3. The maximum atomic E-state index is 9.52. The molecule has 5 aromatic carbocycles. The lowest BCUT2D eigenvalue weighted by Crippen LogP contribution is -2.61. The van der Waals surface area contributed by atoms with E-state index < -0.39 is 12.7 Å². The minimum Gasteiger partial charge on any atom is -0.311 e. The van der Waals surface area contributed by atoms with Gasteiger partial charge in [-0.25, -0.2) is 0 Å². The average molecular weight is 807 g/mol. The van der Waals surface area contributed by atoms with Gasteiger partial charge in [0.1, 0.15) is 0 Å². The van der Waals surface area contributed by atoms with Gasteiger partial charge in [0.25, 0.3) is 6.71 Å². The highest BCUT2D eigenvalue weighted by atomic mass is 15.2. The fraction of sp³-hybridized carbons (Fsp3) is 0.483. The Balaban J connectivity index is 1.11. The second kappa shape index (κ2) is 14.1. The zero-order valence-electron chi connectivity index (χ0n) is 41.5. The van der Waals surface area contributed by atoms with Crippen molar-refractivity contribution in [3.05, 3.63) is 125 Å². The van der Waals surface area contributed by atoms with Crippen LogP contribution < -0.4 is 26.2 Å². The quantitative estimate of drug-likeness (QED) is 0.160. The van der Waals surface area contributed by atoms with Crippen molar-refractivity contribution in [2.75, 3.05) is 9.80 Å². The highest BCUT2D eigenvalue weighted by Crippen LogP contribution is 2.55. The first-order chi connectivity index (χ1) is 31.0. The predicted molar refractivity (Wildman–Crippen MR) is 260 cm³/mol. The van der Waals surface area contributed by atoms with E-state index in [-0.39, 0.29) is 41.2 Å². The summed E-state index contributed by atoms with van der Waals surface area (Å²) in [6, 6.07) is 38.0. The minimum atomic E-state index is -1.22. The van der Waals surface area contributed by atoms with Gasteiger partial charge in [-0.1, -0.05) is 122 Å². The van der Waals surface area contributed by atoms with E-state index >= 15 is 0 Å². The number of fused-ring (bicyclic) bond motifs is 8. The summed E-state index contributed by atoms with van der Waals surface area (Å²) in [7, 11) is 0. The molecule has 0 amide bonds. The van der Waals surface area contributed by atoms with Crippen molar-refractivity contribution in [1.82, 2.24) is 0 Å². The zero-order valence-corrected chi connectivity index (χ0v) is 37.5. The molecule has 5 saturated carbocycles. The van der Waals surface area contributed by atoms with Crippen LogP contribution in [-0.4, -0.2) is 6.71 Å². The Morgan fingerprint density at radius 3 is 1.56 bits per heavy atom. The average Bonchev–Trinajstić information content (AvgIpc) is 4.07. The summed E-state index contributed by atoms with van der Waals surface area (Å²) in [5.74, 6) is 1.44. The Labute approximate surface area is 373 Å². The fourth-order valence-corrected chi connectivity index (χ4v) is 13.3. The van der Waals surface area contributed by atoms with Crippen molar-refractivity contribution < 1.29 is 5.48 Å². The molecular formula is C58H67BN2. The first kappa shape index (κ1) is 34.3. The Hall–Kier alpha value is -4.24. The summed E-state index contributed by atoms with van der Waals surface area (Å²) in [5, 5.41) is 0. The Morgan fingerprint density at radius 1 is 0.492 bits per heavy atom. The molecule has 7 aliphatic rings. The molecule has 0 N–H and O–H groups in total. The van der Waals surface area contributed by atoms with Crippen LogP contribution in [0.3, 0.4) is 0 Å². The SMILES string of the molecule is [2H]C1([2H])C2CCC(C2)C1c1ccc(N2c3ccc(C4C5CCC(C5)C4([2H])[2H])cc3B3c4cc(C(C)(C)C)ccc4N(c4ccc(C(C)(C)C)cc4)c4cc(C5CCCCC5)cc2c43)cc1. The van der Waals surface area contributed by atoms with Crippen molar-refractivity contribution in [2.45, 2.75) is 154 Å². The molecule has 2 heterocycles. The minimum absolute atomic E-state index is 0.0389. The van der Waals surface area contributed by atoms with Gasteiger partial charge in [0.05, 0.1) is 0 Å². The molecule has 5 fully saturated rings. The number of anilines is 6. The van der Waals surface area contributed by atoms with Crippen molar-refractivity contribution in [3.8, 4) is 0 Å². The van der Waals surface area contributed by atoms with Crippen molar-refractivity contribution in [1.29, 1.82) is 0 Å². The van der Waals surface area contributed by atoms with Gasteiger partial charge in [-0.3, -0.25) is 0 Å². The van der Waals surface area contributed by atoms with Crippen LogP contribution >= 0.6 is 0 Å². The molecule has 5 aliphatic carbocycles. The molecule has 312 valence electrons. The van der Waals surface area contributed by atoms with Gasteiger partial charge in [0, 0.05) is 39.6 Å². The van der Waals surface area contributed by atoms with Gasteiger partial charge < -0.3 is 9.80 Å². The molecule has 0 aromatic heterocycles. The van der Waals surface area contributed by atoms with Crippen LogP contribution in [0.4, 0.5) is 34.1 Å². The second-order valence-electron chi connectivity index (χ2n) is 22.5. The van der Waals surface area contributed by atoms with Crippen LogP contribution in [0.25, 0.3) is 0 Å². The third-order valence-electron chi connectivity index (χ3n) is 16.6. The monoisotopic (exact) mass is 807 g/mol. The topological polar surface area (TPSA) is 6.48 Å². The van der Waals surface area contributed by atoms with Gasteiger partial charge in [0.15, 0.2) is 0 Å². The summed E-state index contributed by atoms with van der Waals surface area (Å²) in [5.41, 5.74) is 17.5. The first-order valence-corrected chi connectivity index (χ1v) is 24.3. The standard InChI is InChI=1S/C58H67BN2/c1-57(2,3)44-19-24-47(25-20-44)61-53-27-21-45(58(4,5)6)35-51(53)59-50-32-42(49-31-37-13-15-41(49)29-37)18-26-52(50)60(46-22-16-39(17-23-46)48-30-36-12-14-40(48)28-36)54-33-43(34-55(61)56(54)59)38-10-8-7-9-11-38/h16-27,32-38,40-41,48-49H,7-15,28-31H2,1-6H3/i30D2,31D2. The highest BCUT2D eigenvalue weighted by Gasteiger charge is 2.47. The highest BCUT2D eigenvalue weighted by molar-refractivity contribution is 7.00. The molecule has 3 heteroatoms. The molecular weight excluding hydrogens is 735 g/mol. The van der Waals surface area contributed by atoms with Crippen LogP contribution in [0.2, 0.25) is 0 Å². The van der Waals surface area contributed by atoms with E-state index in [0.29, 0.717) is 17.8 Å². The number of hydrogen-bond acceptors (Lipinski definition) is 2. The van der Waals surface area contributed by atoms with E-state index in [9.17, 15) is 5.48 Å². The van der Waals surface area contributed by atoms with Crippen LogP contribution in [-0.2, 0) is 10.8 Å². The largest absolute Gasteiger partial charge is 0.311 e. The fourth-order valence-electron chi connectivity index (χ4n) is 13.3. The molecule has 5 aromatic rings. The van der Waals surface area contributed by atoms with Gasteiger partial charge in [-0.05, 0) is 196 Å². The lowest BCUT2D eigenvalue weighted by Gasteiger charge is -2.45. The van der Waals surface area contributed by atoms with Gasteiger partial charge in [-0.15, -0.1) is 0 Å². The predicted octanol–water partition coefficient (Wildman–Crippen LogP) is 14.2. The maximum absolute atomic E-state index is 9.52. The van der Waals surface area contributed by atoms with Crippen LogP contribution in [0.1, 0.15) is 176 Å². The molecule has 4 bridgehead atoms. The molecule has 61 heavy (non-hydrogen) atoms. The molecule has 2 nitrogen and oxygen atoms in total. The van der Waals surface area contributed by atoms with E-state index in [1.54, 1.807) is 0 Å². The molecule has 12 rings (SSSR count). The second-order valence-corrected chi connectivity index (χ2v) is 22.5. The van der Waals surface area contributed by atoms with Gasteiger partial charge in [-0.2, -0.15) is 0 Å². The normalized spacial score (nSPS) is 29.1. The molecule has 0 saturated heterocycles. The van der Waals surface area contributed by atoms with Gasteiger partial charge in [0.2, 0.25) is 0 Å². The Morgan fingerprint density at radius 2 is 1.00 bits per heavy atom. The van der Waals surface area contributed by atoms with E-state index in [0.717, 1.165) is 55.3 Å². The van der Waals surface area contributed by atoms with Crippen LogP contribution in [0.15, 0.2) is 97.1 Å². The molecule has 0 spiro atoms. The third-order valence-corrected chi connectivity index (χ3v) is 16.6. The molecule has 2 aliphatic heterocycles. The van der Waals surface area contributed by atoms with Crippen molar-refractivity contribution in [2.24, 2.45) is 23.7 Å². The maximum Gasteiger partial charge on any atom is 0.252 e.